The van der Waals surface area contributed by atoms with E-state index in [2.05, 4.69) is 51.5 Å². The summed E-state index contributed by atoms with van der Waals surface area (Å²) < 4.78 is 1.71. The Morgan fingerprint density at radius 2 is 2.07 bits per heavy atom. The summed E-state index contributed by atoms with van der Waals surface area (Å²) in [7, 11) is 1.85. The third-order valence-electron chi connectivity index (χ3n) is 5.17. The first-order chi connectivity index (χ1) is 13.6. The third-order valence-corrected chi connectivity index (χ3v) is 5.17. The largest absolute Gasteiger partial charge is 0.348 e. The van der Waals surface area contributed by atoms with Gasteiger partial charge in [-0.2, -0.15) is 5.10 Å². The first-order valence-corrected chi connectivity index (χ1v) is 9.61. The van der Waals surface area contributed by atoms with E-state index in [9.17, 15) is 4.79 Å². The van der Waals surface area contributed by atoms with E-state index in [0.29, 0.717) is 11.3 Å². The number of carbonyl (C=O) groups is 1. The summed E-state index contributed by atoms with van der Waals surface area (Å²) in [5, 5.41) is 7.38. The number of rotatable bonds is 5. The number of nitrogens with one attached hydrogen (secondary N) is 1. The van der Waals surface area contributed by atoms with E-state index in [1.54, 1.807) is 23.1 Å². The lowest BCUT2D eigenvalue weighted by molar-refractivity contribution is 0.0938. The fourth-order valence-electron chi connectivity index (χ4n) is 3.67. The van der Waals surface area contributed by atoms with Crippen LogP contribution >= 0.6 is 0 Å². The second-order valence-electron chi connectivity index (χ2n) is 7.48. The molecule has 1 amide bonds. The first kappa shape index (κ1) is 18.4. The smallest absolute Gasteiger partial charge is 0.253 e. The van der Waals surface area contributed by atoms with Crippen LogP contribution in [0.15, 0.2) is 55.0 Å². The summed E-state index contributed by atoms with van der Waals surface area (Å²) in [6.45, 7) is 4.87. The molecule has 1 fully saturated rings. The van der Waals surface area contributed by atoms with Gasteiger partial charge in [-0.3, -0.25) is 19.4 Å². The Morgan fingerprint density at radius 3 is 2.82 bits per heavy atom. The molecule has 3 aromatic rings. The standard InChI is InChI=1S/C22H25N5O/c1-16-5-7-17(8-6-16)13-27-11-9-19(15-27)25-22(28)20-4-3-10-23-21(20)18-12-24-26(2)14-18/h3-8,10,12,14,19H,9,11,13,15H2,1-2H3,(H,25,28). The van der Waals surface area contributed by atoms with Crippen LogP contribution in [-0.4, -0.2) is 44.7 Å². The van der Waals surface area contributed by atoms with Gasteiger partial charge >= 0.3 is 0 Å². The molecule has 1 aromatic carbocycles. The molecule has 28 heavy (non-hydrogen) atoms. The summed E-state index contributed by atoms with van der Waals surface area (Å²) >= 11 is 0. The van der Waals surface area contributed by atoms with Gasteiger partial charge in [-0.15, -0.1) is 0 Å². The van der Waals surface area contributed by atoms with E-state index >= 15 is 0 Å². The van der Waals surface area contributed by atoms with Crippen LogP contribution in [0.5, 0.6) is 0 Å². The number of hydrogen-bond donors (Lipinski definition) is 1. The number of nitrogens with zero attached hydrogens (tertiary/aromatic N) is 4. The van der Waals surface area contributed by atoms with Gasteiger partial charge in [0.15, 0.2) is 0 Å². The van der Waals surface area contributed by atoms with Crippen molar-refractivity contribution >= 4 is 5.91 Å². The molecule has 1 aliphatic heterocycles. The topological polar surface area (TPSA) is 63.1 Å². The van der Waals surface area contributed by atoms with Crippen LogP contribution in [0.25, 0.3) is 11.3 Å². The number of pyridine rings is 1. The van der Waals surface area contributed by atoms with Crippen molar-refractivity contribution in [2.45, 2.75) is 25.9 Å². The number of benzene rings is 1. The van der Waals surface area contributed by atoms with E-state index in [0.717, 1.165) is 31.6 Å². The molecular formula is C22H25N5O. The van der Waals surface area contributed by atoms with Crippen LogP contribution in [0.4, 0.5) is 0 Å². The highest BCUT2D eigenvalue weighted by molar-refractivity contribution is 5.99. The highest BCUT2D eigenvalue weighted by atomic mass is 16.1. The predicted molar refractivity (Wildman–Crippen MR) is 109 cm³/mol. The summed E-state index contributed by atoms with van der Waals surface area (Å²) in [5.41, 5.74) is 4.69. The van der Waals surface area contributed by atoms with Crippen LogP contribution in [-0.2, 0) is 13.6 Å². The van der Waals surface area contributed by atoms with Crippen molar-refractivity contribution in [2.24, 2.45) is 7.05 Å². The van der Waals surface area contributed by atoms with Gasteiger partial charge in [0, 0.05) is 50.7 Å². The Bertz CT molecular complexity index is 963. The van der Waals surface area contributed by atoms with Gasteiger partial charge in [-0.05, 0) is 31.0 Å². The monoisotopic (exact) mass is 375 g/mol. The molecule has 0 bridgehead atoms. The fraction of sp³-hybridized carbons (Fsp3) is 0.318. The zero-order chi connectivity index (χ0) is 19.5. The Kier molecular flexibility index (Phi) is 5.21. The van der Waals surface area contributed by atoms with Crippen molar-refractivity contribution in [1.29, 1.82) is 0 Å². The molecule has 6 nitrogen and oxygen atoms in total. The summed E-state index contributed by atoms with van der Waals surface area (Å²) in [5.74, 6) is -0.0749. The summed E-state index contributed by atoms with van der Waals surface area (Å²) in [6.07, 6.45) is 6.27. The van der Waals surface area contributed by atoms with E-state index < -0.39 is 0 Å². The minimum atomic E-state index is -0.0749. The highest BCUT2D eigenvalue weighted by Gasteiger charge is 2.25. The van der Waals surface area contributed by atoms with Crippen LogP contribution in [0.1, 0.15) is 27.9 Å². The van der Waals surface area contributed by atoms with Crippen molar-refractivity contribution < 1.29 is 4.79 Å². The molecule has 1 unspecified atom stereocenters. The van der Waals surface area contributed by atoms with Crippen molar-refractivity contribution in [1.82, 2.24) is 25.0 Å². The molecule has 0 radical (unpaired) electrons. The molecule has 3 heterocycles. The zero-order valence-corrected chi connectivity index (χ0v) is 16.3. The van der Waals surface area contributed by atoms with Gasteiger partial charge in [0.1, 0.15) is 0 Å². The number of likely N-dealkylation sites (tertiary alicyclic amines) is 1. The molecule has 0 aliphatic carbocycles. The number of hydrogen-bond acceptors (Lipinski definition) is 4. The molecular weight excluding hydrogens is 350 g/mol. The van der Waals surface area contributed by atoms with Gasteiger partial charge in [0.25, 0.3) is 5.91 Å². The highest BCUT2D eigenvalue weighted by Crippen LogP contribution is 2.21. The van der Waals surface area contributed by atoms with E-state index in [1.807, 2.05) is 19.3 Å². The SMILES string of the molecule is Cc1ccc(CN2CCC(NC(=O)c3cccnc3-c3cnn(C)c3)C2)cc1. The van der Waals surface area contributed by atoms with Crippen LogP contribution in [0.2, 0.25) is 0 Å². The van der Waals surface area contributed by atoms with Crippen molar-refractivity contribution in [3.63, 3.8) is 0 Å². The number of aromatic nitrogens is 3. The average molecular weight is 375 g/mol. The molecule has 6 heteroatoms. The van der Waals surface area contributed by atoms with Gasteiger partial charge in [-0.25, -0.2) is 0 Å². The van der Waals surface area contributed by atoms with Crippen LogP contribution in [0, 0.1) is 6.92 Å². The van der Waals surface area contributed by atoms with Crippen molar-refractivity contribution in [3.8, 4) is 11.3 Å². The van der Waals surface area contributed by atoms with Crippen molar-refractivity contribution in [2.75, 3.05) is 13.1 Å². The molecule has 2 aromatic heterocycles. The average Bonchev–Trinajstić information content (AvgIpc) is 3.32. The Hall–Kier alpha value is -2.99. The number of carbonyl (C=O) groups excluding carboxylic acids is 1. The van der Waals surface area contributed by atoms with Crippen LogP contribution < -0.4 is 5.32 Å². The normalized spacial score (nSPS) is 17.0. The van der Waals surface area contributed by atoms with Gasteiger partial charge in [0.2, 0.25) is 0 Å². The lowest BCUT2D eigenvalue weighted by Crippen LogP contribution is -2.37. The molecule has 1 saturated heterocycles. The molecule has 144 valence electrons. The van der Waals surface area contributed by atoms with Gasteiger partial charge < -0.3 is 5.32 Å². The summed E-state index contributed by atoms with van der Waals surface area (Å²) in [4.78, 5) is 19.7. The van der Waals surface area contributed by atoms with Gasteiger partial charge in [-0.1, -0.05) is 29.8 Å². The lowest BCUT2D eigenvalue weighted by atomic mass is 10.1. The fourth-order valence-corrected chi connectivity index (χ4v) is 3.67. The number of amides is 1. The molecule has 0 spiro atoms. The van der Waals surface area contributed by atoms with Gasteiger partial charge in [0.05, 0.1) is 17.5 Å². The lowest BCUT2D eigenvalue weighted by Gasteiger charge is -2.17. The Morgan fingerprint density at radius 1 is 1.25 bits per heavy atom. The van der Waals surface area contributed by atoms with E-state index in [-0.39, 0.29) is 11.9 Å². The Balaban J connectivity index is 1.40. The Labute approximate surface area is 165 Å². The second kappa shape index (κ2) is 7.94. The molecule has 1 N–H and O–H groups in total. The maximum Gasteiger partial charge on any atom is 0.253 e. The second-order valence-corrected chi connectivity index (χ2v) is 7.48. The minimum Gasteiger partial charge on any atom is -0.348 e. The van der Waals surface area contributed by atoms with Crippen LogP contribution in [0.3, 0.4) is 0 Å². The molecule has 1 atom stereocenters. The van der Waals surface area contributed by atoms with E-state index in [1.165, 1.54) is 11.1 Å². The maximum atomic E-state index is 12.9. The third kappa shape index (κ3) is 4.12. The summed E-state index contributed by atoms with van der Waals surface area (Å²) in [6, 6.07) is 12.4. The number of aryl methyl sites for hydroxylation is 2. The van der Waals surface area contributed by atoms with Crippen molar-refractivity contribution in [3.05, 3.63) is 71.7 Å². The minimum absolute atomic E-state index is 0.0749. The zero-order valence-electron chi connectivity index (χ0n) is 16.3. The van der Waals surface area contributed by atoms with E-state index in [4.69, 9.17) is 0 Å². The quantitative estimate of drug-likeness (QED) is 0.745. The molecule has 4 rings (SSSR count). The molecule has 0 saturated carbocycles. The maximum absolute atomic E-state index is 12.9. The predicted octanol–water partition coefficient (Wildman–Crippen LogP) is 2.79. The molecule has 1 aliphatic rings. The first-order valence-electron chi connectivity index (χ1n) is 9.61.